The predicted molar refractivity (Wildman–Crippen MR) is 69.3 cm³/mol. The van der Waals surface area contributed by atoms with Crippen LogP contribution in [0, 0.1) is 12.3 Å². The largest absolute Gasteiger partial charge is 0.492 e. The molecule has 2 rings (SSSR count). The van der Waals surface area contributed by atoms with Crippen LogP contribution in [0.3, 0.4) is 0 Å². The summed E-state index contributed by atoms with van der Waals surface area (Å²) in [6.45, 7) is 0. The summed E-state index contributed by atoms with van der Waals surface area (Å²) in [4.78, 5) is 4.08. The standard InChI is InChI=1S/C14H13NO3/c1-5-9-11-8-15-7-6-10(11)13(17-3)14(18-4)12(9)16-2/h1,6-8H,2-4H3. The molecule has 4 nitrogen and oxygen atoms in total. The summed E-state index contributed by atoms with van der Waals surface area (Å²) in [6, 6.07) is 1.83. The third kappa shape index (κ3) is 1.61. The van der Waals surface area contributed by atoms with E-state index in [0.29, 0.717) is 22.8 Å². The molecule has 4 heteroatoms. The number of nitrogens with zero attached hydrogens (tertiary/aromatic N) is 1. The fourth-order valence-electron chi connectivity index (χ4n) is 1.98. The second-order valence-corrected chi connectivity index (χ2v) is 3.54. The van der Waals surface area contributed by atoms with Crippen molar-refractivity contribution in [1.82, 2.24) is 4.98 Å². The van der Waals surface area contributed by atoms with Gasteiger partial charge in [-0.3, -0.25) is 4.98 Å². The lowest BCUT2D eigenvalue weighted by Gasteiger charge is -2.16. The zero-order valence-electron chi connectivity index (χ0n) is 10.5. The Labute approximate surface area is 105 Å². The molecule has 1 aromatic heterocycles. The van der Waals surface area contributed by atoms with Gasteiger partial charge in [0.2, 0.25) is 5.75 Å². The van der Waals surface area contributed by atoms with Crippen molar-refractivity contribution in [1.29, 1.82) is 0 Å². The van der Waals surface area contributed by atoms with Gasteiger partial charge in [-0.2, -0.15) is 0 Å². The van der Waals surface area contributed by atoms with E-state index in [4.69, 9.17) is 20.6 Å². The molecule has 0 spiro atoms. The maximum absolute atomic E-state index is 5.55. The minimum absolute atomic E-state index is 0.484. The molecule has 1 aromatic carbocycles. The summed E-state index contributed by atoms with van der Waals surface area (Å²) < 4.78 is 16.1. The summed E-state index contributed by atoms with van der Waals surface area (Å²) in [5, 5.41) is 1.65. The number of ether oxygens (including phenoxy) is 3. The molecule has 92 valence electrons. The first-order valence-electron chi connectivity index (χ1n) is 5.30. The first-order chi connectivity index (χ1) is 8.78. The molecule has 0 bridgehead atoms. The second kappa shape index (κ2) is 4.84. The number of aromatic nitrogens is 1. The van der Waals surface area contributed by atoms with Crippen LogP contribution in [0.2, 0.25) is 0 Å². The normalized spacial score (nSPS) is 9.89. The van der Waals surface area contributed by atoms with Gasteiger partial charge >= 0.3 is 0 Å². The van der Waals surface area contributed by atoms with Crippen molar-refractivity contribution in [2.75, 3.05) is 21.3 Å². The molecular formula is C14H13NO3. The highest BCUT2D eigenvalue weighted by atomic mass is 16.5. The highest BCUT2D eigenvalue weighted by Gasteiger charge is 2.20. The molecule has 0 aliphatic heterocycles. The van der Waals surface area contributed by atoms with Crippen molar-refractivity contribution in [2.24, 2.45) is 0 Å². The van der Waals surface area contributed by atoms with Crippen LogP contribution < -0.4 is 14.2 Å². The monoisotopic (exact) mass is 243 g/mol. The van der Waals surface area contributed by atoms with Gasteiger partial charge in [-0.15, -0.1) is 6.42 Å². The van der Waals surface area contributed by atoms with Gasteiger partial charge in [0.1, 0.15) is 0 Å². The number of terminal acetylenes is 1. The fraction of sp³-hybridized carbons (Fsp3) is 0.214. The molecule has 18 heavy (non-hydrogen) atoms. The highest BCUT2D eigenvalue weighted by Crippen LogP contribution is 2.45. The van der Waals surface area contributed by atoms with E-state index in [1.54, 1.807) is 33.7 Å². The number of benzene rings is 1. The summed E-state index contributed by atoms with van der Waals surface area (Å²) >= 11 is 0. The Morgan fingerprint density at radius 3 is 2.22 bits per heavy atom. The Hall–Kier alpha value is -2.41. The SMILES string of the molecule is C#Cc1c(OC)c(OC)c(OC)c2ccncc12. The van der Waals surface area contributed by atoms with Crippen LogP contribution in [-0.4, -0.2) is 26.3 Å². The van der Waals surface area contributed by atoms with Gasteiger partial charge in [0.15, 0.2) is 11.5 Å². The lowest BCUT2D eigenvalue weighted by Crippen LogP contribution is -1.99. The number of methoxy groups -OCH3 is 3. The van der Waals surface area contributed by atoms with E-state index >= 15 is 0 Å². The van der Waals surface area contributed by atoms with Gasteiger partial charge in [0.05, 0.1) is 26.9 Å². The average Bonchev–Trinajstić information content (AvgIpc) is 2.44. The van der Waals surface area contributed by atoms with Crippen LogP contribution >= 0.6 is 0 Å². The van der Waals surface area contributed by atoms with Gasteiger partial charge in [-0.05, 0) is 6.07 Å². The lowest BCUT2D eigenvalue weighted by molar-refractivity contribution is 0.326. The van der Waals surface area contributed by atoms with E-state index in [1.165, 1.54) is 0 Å². The second-order valence-electron chi connectivity index (χ2n) is 3.54. The zero-order chi connectivity index (χ0) is 13.1. The third-order valence-corrected chi connectivity index (χ3v) is 2.73. The van der Waals surface area contributed by atoms with Crippen LogP contribution in [0.1, 0.15) is 5.56 Å². The molecule has 0 saturated carbocycles. The molecule has 0 radical (unpaired) electrons. The lowest BCUT2D eigenvalue weighted by atomic mass is 10.0. The number of hydrogen-bond acceptors (Lipinski definition) is 4. The maximum Gasteiger partial charge on any atom is 0.205 e. The topological polar surface area (TPSA) is 40.6 Å². The fourth-order valence-corrected chi connectivity index (χ4v) is 1.98. The smallest absolute Gasteiger partial charge is 0.205 e. The Bertz CT molecular complexity index is 629. The third-order valence-electron chi connectivity index (χ3n) is 2.73. The molecule has 0 N–H and O–H groups in total. The molecule has 2 aromatic rings. The van der Waals surface area contributed by atoms with Crippen LogP contribution in [0.15, 0.2) is 18.5 Å². The first-order valence-corrected chi connectivity index (χ1v) is 5.30. The van der Waals surface area contributed by atoms with Crippen molar-refractivity contribution < 1.29 is 14.2 Å². The molecule has 1 heterocycles. The van der Waals surface area contributed by atoms with Crippen LogP contribution in [-0.2, 0) is 0 Å². The summed E-state index contributed by atoms with van der Waals surface area (Å²) in [6.07, 6.45) is 8.92. The maximum atomic E-state index is 5.55. The average molecular weight is 243 g/mol. The van der Waals surface area contributed by atoms with Crippen LogP contribution in [0.25, 0.3) is 10.8 Å². The molecule has 0 aliphatic rings. The van der Waals surface area contributed by atoms with E-state index in [9.17, 15) is 0 Å². The molecule has 0 atom stereocenters. The summed E-state index contributed by atoms with van der Waals surface area (Å²) in [7, 11) is 4.67. The van der Waals surface area contributed by atoms with Crippen molar-refractivity contribution in [3.8, 4) is 29.6 Å². The van der Waals surface area contributed by atoms with Crippen LogP contribution in [0.5, 0.6) is 17.2 Å². The summed E-state index contributed by atoms with van der Waals surface area (Å²) in [5.74, 6) is 4.18. The minimum atomic E-state index is 0.484. The molecule has 0 saturated heterocycles. The van der Waals surface area contributed by atoms with Crippen molar-refractivity contribution in [3.05, 3.63) is 24.0 Å². The van der Waals surface area contributed by atoms with E-state index in [1.807, 2.05) is 6.07 Å². The molecule has 0 fully saturated rings. The zero-order valence-corrected chi connectivity index (χ0v) is 10.5. The Balaban J connectivity index is 3.00. The molecule has 0 aliphatic carbocycles. The summed E-state index contributed by atoms with van der Waals surface area (Å²) in [5.41, 5.74) is 0.609. The van der Waals surface area contributed by atoms with E-state index in [2.05, 4.69) is 10.9 Å². The van der Waals surface area contributed by atoms with Crippen molar-refractivity contribution in [2.45, 2.75) is 0 Å². The Morgan fingerprint density at radius 2 is 1.67 bits per heavy atom. The molecular weight excluding hydrogens is 230 g/mol. The number of fused-ring (bicyclic) bond motifs is 1. The van der Waals surface area contributed by atoms with Crippen molar-refractivity contribution >= 4 is 10.8 Å². The predicted octanol–water partition coefficient (Wildman–Crippen LogP) is 2.24. The minimum Gasteiger partial charge on any atom is -0.492 e. The number of pyridine rings is 1. The van der Waals surface area contributed by atoms with Gasteiger partial charge < -0.3 is 14.2 Å². The molecule has 0 amide bonds. The molecule has 0 unspecified atom stereocenters. The van der Waals surface area contributed by atoms with Gasteiger partial charge in [-0.1, -0.05) is 5.92 Å². The van der Waals surface area contributed by atoms with Gasteiger partial charge in [0.25, 0.3) is 0 Å². The number of hydrogen-bond donors (Lipinski definition) is 0. The Morgan fingerprint density at radius 1 is 1.00 bits per heavy atom. The van der Waals surface area contributed by atoms with Gasteiger partial charge in [-0.25, -0.2) is 0 Å². The van der Waals surface area contributed by atoms with Crippen LogP contribution in [0.4, 0.5) is 0 Å². The first kappa shape index (κ1) is 12.1. The Kier molecular flexibility index (Phi) is 3.24. The van der Waals surface area contributed by atoms with E-state index in [-0.39, 0.29) is 0 Å². The highest BCUT2D eigenvalue weighted by molar-refractivity contribution is 5.97. The van der Waals surface area contributed by atoms with Crippen molar-refractivity contribution in [3.63, 3.8) is 0 Å². The van der Waals surface area contributed by atoms with E-state index in [0.717, 1.165) is 10.8 Å². The number of rotatable bonds is 3. The van der Waals surface area contributed by atoms with Gasteiger partial charge in [0, 0.05) is 23.2 Å². The van der Waals surface area contributed by atoms with E-state index < -0.39 is 0 Å². The quantitative estimate of drug-likeness (QED) is 0.775.